The predicted octanol–water partition coefficient (Wildman–Crippen LogP) is 3.44. The SMILES string of the molecule is CCOC(=O)c1ccc(COC(=O)c2ccc(C)c([N+](=O)[O-])c2)cc1. The number of nitro benzene ring substituents is 1. The van der Waals surface area contributed by atoms with Crippen LogP contribution >= 0.6 is 0 Å². The second-order valence-electron chi connectivity index (χ2n) is 5.25. The molecule has 0 fully saturated rings. The van der Waals surface area contributed by atoms with Gasteiger partial charge in [-0.2, -0.15) is 0 Å². The number of ether oxygens (including phenoxy) is 2. The normalized spacial score (nSPS) is 10.2. The van der Waals surface area contributed by atoms with Crippen molar-refractivity contribution in [2.24, 2.45) is 0 Å². The lowest BCUT2D eigenvalue weighted by Crippen LogP contribution is -2.07. The zero-order valence-electron chi connectivity index (χ0n) is 13.9. The summed E-state index contributed by atoms with van der Waals surface area (Å²) in [5.41, 5.74) is 1.54. The summed E-state index contributed by atoms with van der Waals surface area (Å²) in [7, 11) is 0. The minimum atomic E-state index is -0.655. The van der Waals surface area contributed by atoms with Gasteiger partial charge >= 0.3 is 11.9 Å². The Hall–Kier alpha value is -3.22. The molecule has 0 aliphatic carbocycles. The molecule has 0 aliphatic heterocycles. The molecule has 0 radical (unpaired) electrons. The van der Waals surface area contributed by atoms with Crippen molar-refractivity contribution in [3.63, 3.8) is 0 Å². The van der Waals surface area contributed by atoms with Gasteiger partial charge in [-0.15, -0.1) is 0 Å². The van der Waals surface area contributed by atoms with Crippen LogP contribution in [0.25, 0.3) is 0 Å². The number of benzene rings is 2. The third-order valence-corrected chi connectivity index (χ3v) is 3.48. The van der Waals surface area contributed by atoms with Crippen molar-refractivity contribution in [2.75, 3.05) is 6.61 Å². The van der Waals surface area contributed by atoms with Crippen LogP contribution in [0, 0.1) is 17.0 Å². The summed E-state index contributed by atoms with van der Waals surface area (Å²) >= 11 is 0. The fourth-order valence-electron chi connectivity index (χ4n) is 2.12. The molecule has 0 N–H and O–H groups in total. The predicted molar refractivity (Wildman–Crippen MR) is 89.4 cm³/mol. The molecule has 25 heavy (non-hydrogen) atoms. The Kier molecular flexibility index (Phi) is 5.84. The van der Waals surface area contributed by atoms with Crippen LogP contribution in [0.3, 0.4) is 0 Å². The van der Waals surface area contributed by atoms with Crippen molar-refractivity contribution in [3.05, 3.63) is 74.8 Å². The smallest absolute Gasteiger partial charge is 0.338 e. The molecule has 2 aromatic carbocycles. The van der Waals surface area contributed by atoms with Crippen molar-refractivity contribution in [1.82, 2.24) is 0 Å². The monoisotopic (exact) mass is 343 g/mol. The molecule has 0 amide bonds. The number of nitro groups is 1. The van der Waals surface area contributed by atoms with Gasteiger partial charge in [-0.05, 0) is 37.6 Å². The van der Waals surface area contributed by atoms with E-state index in [1.54, 1.807) is 38.1 Å². The highest BCUT2D eigenvalue weighted by molar-refractivity contribution is 5.90. The Morgan fingerprint density at radius 1 is 1.00 bits per heavy atom. The van der Waals surface area contributed by atoms with Gasteiger partial charge in [0.25, 0.3) is 5.69 Å². The van der Waals surface area contributed by atoms with Crippen LogP contribution in [0.1, 0.15) is 38.8 Å². The van der Waals surface area contributed by atoms with Crippen molar-refractivity contribution >= 4 is 17.6 Å². The minimum absolute atomic E-state index is 0.0103. The Labute approximate surface area is 144 Å². The molecule has 0 saturated carbocycles. The standard InChI is InChI=1S/C18H17NO6/c1-3-24-17(20)14-8-5-13(6-9-14)11-25-18(21)15-7-4-12(2)16(10-15)19(22)23/h4-10H,3,11H2,1-2H3. The molecule has 0 atom stereocenters. The van der Waals surface area contributed by atoms with E-state index in [1.807, 2.05) is 0 Å². The summed E-state index contributed by atoms with van der Waals surface area (Å²) in [5, 5.41) is 10.9. The molecule has 0 aliphatic rings. The maximum atomic E-state index is 12.0. The second-order valence-corrected chi connectivity index (χ2v) is 5.25. The number of esters is 2. The van der Waals surface area contributed by atoms with Gasteiger partial charge < -0.3 is 9.47 Å². The number of carbonyl (C=O) groups excluding carboxylic acids is 2. The van der Waals surface area contributed by atoms with Gasteiger partial charge in [-0.25, -0.2) is 9.59 Å². The number of hydrogen-bond donors (Lipinski definition) is 0. The van der Waals surface area contributed by atoms with Crippen LogP contribution < -0.4 is 0 Å². The first-order valence-electron chi connectivity index (χ1n) is 7.60. The van der Waals surface area contributed by atoms with Gasteiger partial charge in [-0.3, -0.25) is 10.1 Å². The molecule has 0 spiro atoms. The van der Waals surface area contributed by atoms with E-state index < -0.39 is 16.9 Å². The largest absolute Gasteiger partial charge is 0.462 e. The van der Waals surface area contributed by atoms with E-state index >= 15 is 0 Å². The second kappa shape index (κ2) is 8.05. The topological polar surface area (TPSA) is 95.7 Å². The van der Waals surface area contributed by atoms with Crippen LogP contribution in [0.4, 0.5) is 5.69 Å². The average molecular weight is 343 g/mol. The maximum absolute atomic E-state index is 12.0. The zero-order valence-corrected chi connectivity index (χ0v) is 13.9. The lowest BCUT2D eigenvalue weighted by Gasteiger charge is -2.07. The van der Waals surface area contributed by atoms with E-state index in [0.717, 1.165) is 0 Å². The van der Waals surface area contributed by atoms with E-state index in [9.17, 15) is 19.7 Å². The molecule has 0 heterocycles. The third kappa shape index (κ3) is 4.63. The van der Waals surface area contributed by atoms with Gasteiger partial charge in [0.1, 0.15) is 6.61 Å². The van der Waals surface area contributed by atoms with Crippen molar-refractivity contribution in [2.45, 2.75) is 20.5 Å². The number of nitrogens with zero attached hydrogens (tertiary/aromatic N) is 1. The molecule has 2 aromatic rings. The summed E-state index contributed by atoms with van der Waals surface area (Å²) in [6.45, 7) is 3.60. The molecule has 0 aromatic heterocycles. The van der Waals surface area contributed by atoms with Gasteiger partial charge in [0, 0.05) is 11.6 Å². The molecule has 130 valence electrons. The first-order chi connectivity index (χ1) is 11.9. The fourth-order valence-corrected chi connectivity index (χ4v) is 2.12. The van der Waals surface area contributed by atoms with Crippen LogP contribution in [0.2, 0.25) is 0 Å². The third-order valence-electron chi connectivity index (χ3n) is 3.48. The maximum Gasteiger partial charge on any atom is 0.338 e. The Bertz CT molecular complexity index is 798. The van der Waals surface area contributed by atoms with E-state index in [0.29, 0.717) is 23.3 Å². The highest BCUT2D eigenvalue weighted by Crippen LogP contribution is 2.20. The molecule has 7 heteroatoms. The van der Waals surface area contributed by atoms with E-state index in [1.165, 1.54) is 18.2 Å². The summed E-state index contributed by atoms with van der Waals surface area (Å²) in [6, 6.07) is 10.6. The Balaban J connectivity index is 2.01. The first-order valence-corrected chi connectivity index (χ1v) is 7.60. The minimum Gasteiger partial charge on any atom is -0.462 e. The summed E-state index contributed by atoms with van der Waals surface area (Å²) in [5.74, 6) is -1.07. The van der Waals surface area contributed by atoms with Crippen LogP contribution in [-0.2, 0) is 16.1 Å². The van der Waals surface area contributed by atoms with Gasteiger partial charge in [0.15, 0.2) is 0 Å². The molecule has 0 bridgehead atoms. The lowest BCUT2D eigenvalue weighted by molar-refractivity contribution is -0.385. The first kappa shape index (κ1) is 18.1. The Morgan fingerprint density at radius 2 is 1.60 bits per heavy atom. The average Bonchev–Trinajstić information content (AvgIpc) is 2.60. The highest BCUT2D eigenvalue weighted by Gasteiger charge is 2.16. The Morgan fingerprint density at radius 3 is 2.20 bits per heavy atom. The summed E-state index contributed by atoms with van der Waals surface area (Å²) < 4.78 is 10.0. The number of rotatable bonds is 6. The van der Waals surface area contributed by atoms with Crippen LogP contribution in [0.5, 0.6) is 0 Å². The van der Waals surface area contributed by atoms with Gasteiger partial charge in [-0.1, -0.05) is 18.2 Å². The van der Waals surface area contributed by atoms with Gasteiger partial charge in [0.2, 0.25) is 0 Å². The molecule has 2 rings (SSSR count). The molecule has 7 nitrogen and oxygen atoms in total. The number of hydrogen-bond acceptors (Lipinski definition) is 6. The van der Waals surface area contributed by atoms with Crippen LogP contribution in [0.15, 0.2) is 42.5 Å². The fraction of sp³-hybridized carbons (Fsp3) is 0.222. The van der Waals surface area contributed by atoms with E-state index in [2.05, 4.69) is 0 Å². The van der Waals surface area contributed by atoms with E-state index in [-0.39, 0.29) is 17.9 Å². The summed E-state index contributed by atoms with van der Waals surface area (Å²) in [6.07, 6.45) is 0. The van der Waals surface area contributed by atoms with Crippen LogP contribution in [-0.4, -0.2) is 23.5 Å². The number of aryl methyl sites for hydroxylation is 1. The molecular formula is C18H17NO6. The number of carbonyl (C=O) groups is 2. The van der Waals surface area contributed by atoms with E-state index in [4.69, 9.17) is 9.47 Å². The van der Waals surface area contributed by atoms with Gasteiger partial charge in [0.05, 0.1) is 22.7 Å². The van der Waals surface area contributed by atoms with Crippen molar-refractivity contribution in [3.8, 4) is 0 Å². The molecular weight excluding hydrogens is 326 g/mol. The molecule has 0 saturated heterocycles. The lowest BCUT2D eigenvalue weighted by atomic mass is 10.1. The van der Waals surface area contributed by atoms with Crippen molar-refractivity contribution in [1.29, 1.82) is 0 Å². The quantitative estimate of drug-likeness (QED) is 0.453. The van der Waals surface area contributed by atoms with Crippen molar-refractivity contribution < 1.29 is 24.0 Å². The summed E-state index contributed by atoms with van der Waals surface area (Å²) in [4.78, 5) is 34.0. The molecule has 0 unspecified atom stereocenters. The highest BCUT2D eigenvalue weighted by atomic mass is 16.6. The zero-order chi connectivity index (χ0) is 18.4.